The van der Waals surface area contributed by atoms with Gasteiger partial charge in [0.1, 0.15) is 0 Å². The summed E-state index contributed by atoms with van der Waals surface area (Å²) in [6, 6.07) is 4.36. The molecule has 74 valence electrons. The van der Waals surface area contributed by atoms with Gasteiger partial charge < -0.3 is 41.4 Å². The van der Waals surface area contributed by atoms with Crippen LogP contribution in [0.25, 0.3) is 0 Å². The van der Waals surface area contributed by atoms with E-state index in [0.29, 0.717) is 5.69 Å². The third-order valence-electron chi connectivity index (χ3n) is 1.31. The molecule has 4 nitrogen and oxygen atoms in total. The molecule has 0 atom stereocenters. The van der Waals surface area contributed by atoms with Gasteiger partial charge in [0.2, 0.25) is 0 Å². The van der Waals surface area contributed by atoms with E-state index in [-0.39, 0.29) is 36.1 Å². The van der Waals surface area contributed by atoms with Crippen molar-refractivity contribution in [1.82, 2.24) is 0 Å². The third-order valence-corrected chi connectivity index (χ3v) is 1.31. The number of benzene rings is 1. The largest absolute Gasteiger partial charge is 1.00 e. The summed E-state index contributed by atoms with van der Waals surface area (Å²) < 4.78 is 0. The fourth-order valence-corrected chi connectivity index (χ4v) is 0.759. The molecule has 1 rings (SSSR count). The number of carboxylic acid groups (broad SMARTS) is 1. The molecule has 0 fully saturated rings. The van der Waals surface area contributed by atoms with Gasteiger partial charge in [-0.2, -0.15) is 0 Å². The number of aromatic carboxylic acids is 1. The predicted molar refractivity (Wildman–Crippen MR) is 42.2 cm³/mol. The van der Waals surface area contributed by atoms with Crippen LogP contribution in [0.1, 0.15) is 10.4 Å². The zero-order chi connectivity index (χ0) is 8.43. The van der Waals surface area contributed by atoms with Gasteiger partial charge in [-0.1, -0.05) is 0 Å². The molecule has 0 saturated carbocycles. The van der Waals surface area contributed by atoms with Crippen LogP contribution in [0.3, 0.4) is 0 Å². The number of halogens is 2. The van der Waals surface area contributed by atoms with E-state index >= 15 is 0 Å². The van der Waals surface area contributed by atoms with Gasteiger partial charge in [-0.05, 0) is 18.2 Å². The molecule has 0 unspecified atom stereocenters. The van der Waals surface area contributed by atoms with Crippen molar-refractivity contribution in [3.63, 3.8) is 0 Å². The summed E-state index contributed by atoms with van der Waals surface area (Å²) in [6.07, 6.45) is 0. The van der Waals surface area contributed by atoms with E-state index in [1.807, 2.05) is 0 Å². The highest BCUT2D eigenvalue weighted by Crippen LogP contribution is 2.14. The van der Waals surface area contributed by atoms with E-state index in [9.17, 15) is 4.79 Å². The van der Waals surface area contributed by atoms with Gasteiger partial charge in [-0.15, -0.1) is 0 Å². The van der Waals surface area contributed by atoms with Crippen LogP contribution in [0.4, 0.5) is 11.4 Å². The van der Waals surface area contributed by atoms with Crippen molar-refractivity contribution >= 4 is 17.3 Å². The first-order chi connectivity index (χ1) is 5.11. The number of nitrogens with two attached hydrogens (primary N) is 2. The Morgan fingerprint density at radius 3 is 2.15 bits per heavy atom. The number of nitrogen functional groups attached to an aromatic ring is 2. The SMILES string of the molecule is Nc1ccc(N)c(C(=O)O)c1.[Cl-].[Cl-]. The summed E-state index contributed by atoms with van der Waals surface area (Å²) in [5.74, 6) is -1.06. The van der Waals surface area contributed by atoms with E-state index in [2.05, 4.69) is 0 Å². The molecule has 0 radical (unpaired) electrons. The van der Waals surface area contributed by atoms with E-state index in [4.69, 9.17) is 16.6 Å². The van der Waals surface area contributed by atoms with Crippen LogP contribution in [0.2, 0.25) is 0 Å². The van der Waals surface area contributed by atoms with Crippen molar-refractivity contribution in [3.8, 4) is 0 Å². The van der Waals surface area contributed by atoms with Crippen LogP contribution < -0.4 is 36.3 Å². The van der Waals surface area contributed by atoms with Crippen molar-refractivity contribution in [3.05, 3.63) is 23.8 Å². The standard InChI is InChI=1S/C7H8N2O2.2ClH/c8-4-1-2-6(9)5(3-4)7(10)11;;/h1-3H,8-9H2,(H,10,11);2*1H/p-2. The molecule has 1 aromatic rings. The van der Waals surface area contributed by atoms with Crippen LogP contribution in [-0.4, -0.2) is 11.1 Å². The molecule has 5 N–H and O–H groups in total. The Bertz CT molecular complexity index is 305. The van der Waals surface area contributed by atoms with Gasteiger partial charge in [0.15, 0.2) is 0 Å². The van der Waals surface area contributed by atoms with E-state index in [1.54, 1.807) is 6.07 Å². The second-order valence-corrected chi connectivity index (χ2v) is 2.15. The summed E-state index contributed by atoms with van der Waals surface area (Å²) in [5.41, 5.74) is 11.4. The Labute approximate surface area is 87.7 Å². The van der Waals surface area contributed by atoms with Crippen molar-refractivity contribution in [1.29, 1.82) is 0 Å². The number of hydrogen-bond acceptors (Lipinski definition) is 3. The summed E-state index contributed by atoms with van der Waals surface area (Å²) in [5, 5.41) is 8.55. The molecule has 0 aliphatic carbocycles. The molecule has 0 aromatic heterocycles. The molecule has 0 amide bonds. The van der Waals surface area contributed by atoms with E-state index in [1.165, 1.54) is 12.1 Å². The third kappa shape index (κ3) is 3.40. The monoisotopic (exact) mass is 222 g/mol. The molecule has 0 aliphatic heterocycles. The van der Waals surface area contributed by atoms with Gasteiger partial charge in [0.25, 0.3) is 0 Å². The minimum atomic E-state index is -1.06. The van der Waals surface area contributed by atoms with Crippen LogP contribution in [-0.2, 0) is 0 Å². The molecular weight excluding hydrogens is 215 g/mol. The lowest BCUT2D eigenvalue weighted by molar-refractivity contribution is -0.001000. The molecule has 1 aromatic carbocycles. The van der Waals surface area contributed by atoms with Crippen molar-refractivity contribution in [2.45, 2.75) is 0 Å². The maximum absolute atomic E-state index is 10.4. The van der Waals surface area contributed by atoms with Gasteiger partial charge in [-0.3, -0.25) is 0 Å². The molecule has 0 aliphatic rings. The van der Waals surface area contributed by atoms with Crippen LogP contribution in [0.5, 0.6) is 0 Å². The topological polar surface area (TPSA) is 89.3 Å². The first-order valence-electron chi connectivity index (χ1n) is 2.99. The second kappa shape index (κ2) is 5.50. The minimum absolute atomic E-state index is 0. The van der Waals surface area contributed by atoms with Crippen LogP contribution in [0.15, 0.2) is 18.2 Å². The summed E-state index contributed by atoms with van der Waals surface area (Å²) >= 11 is 0. The van der Waals surface area contributed by atoms with E-state index in [0.717, 1.165) is 0 Å². The first kappa shape index (κ1) is 14.4. The molecular formula is C7H8Cl2N2O2-2. The summed E-state index contributed by atoms with van der Waals surface area (Å²) in [7, 11) is 0. The van der Waals surface area contributed by atoms with Crippen LogP contribution >= 0.6 is 0 Å². The zero-order valence-electron chi connectivity index (χ0n) is 6.50. The van der Waals surface area contributed by atoms with Crippen molar-refractivity contribution < 1.29 is 34.7 Å². The number of anilines is 2. The smallest absolute Gasteiger partial charge is 0.337 e. The lowest BCUT2D eigenvalue weighted by Crippen LogP contribution is -3.00. The average Bonchev–Trinajstić information content (AvgIpc) is 1.94. The second-order valence-electron chi connectivity index (χ2n) is 2.15. The molecule has 6 heteroatoms. The zero-order valence-corrected chi connectivity index (χ0v) is 8.01. The quantitative estimate of drug-likeness (QED) is 0.414. The predicted octanol–water partition coefficient (Wildman–Crippen LogP) is -5.44. The minimum Gasteiger partial charge on any atom is -1.00 e. The number of rotatable bonds is 1. The first-order valence-corrected chi connectivity index (χ1v) is 2.99. The fourth-order valence-electron chi connectivity index (χ4n) is 0.759. The van der Waals surface area contributed by atoms with Gasteiger partial charge >= 0.3 is 5.97 Å². The normalized spacial score (nSPS) is 8.00. The highest BCUT2D eigenvalue weighted by Gasteiger charge is 2.06. The maximum atomic E-state index is 10.4. The Kier molecular flexibility index (Phi) is 6.10. The highest BCUT2D eigenvalue weighted by atomic mass is 35.5. The van der Waals surface area contributed by atoms with Crippen molar-refractivity contribution in [2.24, 2.45) is 0 Å². The number of carbonyl (C=O) groups is 1. The lowest BCUT2D eigenvalue weighted by Gasteiger charge is -2.00. The number of hydrogen-bond donors (Lipinski definition) is 3. The Morgan fingerprint density at radius 1 is 1.23 bits per heavy atom. The lowest BCUT2D eigenvalue weighted by atomic mass is 10.1. The molecule has 13 heavy (non-hydrogen) atoms. The molecule has 0 spiro atoms. The van der Waals surface area contributed by atoms with Crippen LogP contribution in [0, 0.1) is 0 Å². The molecule has 0 saturated heterocycles. The average molecular weight is 223 g/mol. The number of carboxylic acids is 1. The highest BCUT2D eigenvalue weighted by molar-refractivity contribution is 5.94. The molecule has 0 heterocycles. The summed E-state index contributed by atoms with van der Waals surface area (Å²) in [4.78, 5) is 10.4. The van der Waals surface area contributed by atoms with Gasteiger partial charge in [0.05, 0.1) is 5.56 Å². The maximum Gasteiger partial charge on any atom is 0.337 e. The van der Waals surface area contributed by atoms with Crippen molar-refractivity contribution in [2.75, 3.05) is 11.5 Å². The van der Waals surface area contributed by atoms with Gasteiger partial charge in [0, 0.05) is 11.4 Å². The molecule has 0 bridgehead atoms. The Hall–Kier alpha value is -1.13. The Morgan fingerprint density at radius 2 is 1.77 bits per heavy atom. The Balaban J connectivity index is 0. The van der Waals surface area contributed by atoms with E-state index < -0.39 is 5.97 Å². The summed E-state index contributed by atoms with van der Waals surface area (Å²) in [6.45, 7) is 0. The fraction of sp³-hybridized carbons (Fsp3) is 0. The van der Waals surface area contributed by atoms with Gasteiger partial charge in [-0.25, -0.2) is 4.79 Å².